The predicted molar refractivity (Wildman–Crippen MR) is 121 cm³/mol. The number of hydrazine groups is 1. The van der Waals surface area contributed by atoms with Crippen LogP contribution in [0.2, 0.25) is 0 Å². The van der Waals surface area contributed by atoms with Crippen molar-refractivity contribution in [2.45, 2.75) is 52.4 Å². The summed E-state index contributed by atoms with van der Waals surface area (Å²) in [6.07, 6.45) is 7.22. The van der Waals surface area contributed by atoms with Crippen molar-refractivity contribution in [2.75, 3.05) is 6.54 Å². The highest BCUT2D eigenvalue weighted by Gasteiger charge is 2.40. The van der Waals surface area contributed by atoms with E-state index in [-0.39, 0.29) is 17.3 Å². The molecular weight excluding hydrogens is 406 g/mol. The van der Waals surface area contributed by atoms with E-state index in [1.165, 1.54) is 23.6 Å². The summed E-state index contributed by atoms with van der Waals surface area (Å²) in [5, 5.41) is 22.0. The molecule has 1 aliphatic heterocycles. The van der Waals surface area contributed by atoms with Gasteiger partial charge in [0.25, 0.3) is 11.8 Å². The molecule has 2 amide bonds. The van der Waals surface area contributed by atoms with Crippen molar-refractivity contribution in [2.24, 2.45) is 0 Å². The molecule has 1 aromatic heterocycles. The second kappa shape index (κ2) is 12.5. The highest BCUT2D eigenvalue weighted by Crippen LogP contribution is 2.26. The first-order valence-corrected chi connectivity index (χ1v) is 10.4. The number of aromatic hydroxyl groups is 2. The Morgan fingerprint density at radius 2 is 1.44 bits per heavy atom. The van der Waals surface area contributed by atoms with E-state index in [0.717, 1.165) is 41.5 Å². The molecule has 32 heavy (non-hydrogen) atoms. The van der Waals surface area contributed by atoms with E-state index in [0.29, 0.717) is 13.0 Å². The van der Waals surface area contributed by atoms with Gasteiger partial charge in [-0.3, -0.25) is 14.2 Å². The van der Waals surface area contributed by atoms with Gasteiger partial charge in [0.2, 0.25) is 0 Å². The fourth-order valence-electron chi connectivity index (χ4n) is 2.97. The lowest BCUT2D eigenvalue weighted by Crippen LogP contribution is -2.38. The number of carbonyl (C=O) groups excluding carboxylic acids is 2. The lowest BCUT2D eigenvalue weighted by molar-refractivity contribution is -0.140. The molecule has 0 aromatic carbocycles. The van der Waals surface area contributed by atoms with Crippen LogP contribution in [0.5, 0.6) is 11.8 Å². The summed E-state index contributed by atoms with van der Waals surface area (Å²) in [6, 6.07) is 5.09. The standard InChI is InChI=1S/C25H25N3O4/c1-3-5-7-9-11-13-15-19-28-25(32)21(20-26-22(29)16-17-23(26)30)24(31)27(28)18-14-12-10-8-6-4-2/h16-17,20,29-30H,4,6,8,10,12,14,18H2,1-2H3. The minimum atomic E-state index is -0.661. The second-order valence-corrected chi connectivity index (χ2v) is 6.89. The Morgan fingerprint density at radius 1 is 0.844 bits per heavy atom. The Bertz CT molecular complexity index is 1110. The molecule has 7 nitrogen and oxygen atoms in total. The van der Waals surface area contributed by atoms with Crippen LogP contribution in [0.4, 0.5) is 0 Å². The van der Waals surface area contributed by atoms with Gasteiger partial charge < -0.3 is 10.2 Å². The quantitative estimate of drug-likeness (QED) is 0.287. The molecular formula is C25H25N3O4. The Kier molecular flexibility index (Phi) is 9.39. The Labute approximate surface area is 188 Å². The fraction of sp³-hybridized carbons (Fsp3) is 0.360. The molecule has 2 rings (SSSR count). The highest BCUT2D eigenvalue weighted by molar-refractivity contribution is 6.25. The zero-order valence-corrected chi connectivity index (χ0v) is 18.2. The van der Waals surface area contributed by atoms with Gasteiger partial charge in [0.1, 0.15) is 5.57 Å². The van der Waals surface area contributed by atoms with Gasteiger partial charge in [0.05, 0.1) is 6.04 Å². The van der Waals surface area contributed by atoms with Crippen LogP contribution in [0.15, 0.2) is 17.7 Å². The first-order chi connectivity index (χ1) is 15.5. The molecule has 0 aliphatic carbocycles. The van der Waals surface area contributed by atoms with Crippen LogP contribution >= 0.6 is 0 Å². The van der Waals surface area contributed by atoms with E-state index >= 15 is 0 Å². The lowest BCUT2D eigenvalue weighted by Gasteiger charge is -2.21. The third-order valence-corrected chi connectivity index (χ3v) is 4.59. The number of hydrogen-bond acceptors (Lipinski definition) is 4. The molecule has 2 heterocycles. The van der Waals surface area contributed by atoms with E-state index in [2.05, 4.69) is 54.4 Å². The predicted octanol–water partition coefficient (Wildman–Crippen LogP) is 2.68. The molecule has 1 aliphatic rings. The lowest BCUT2D eigenvalue weighted by atomic mass is 10.1. The molecule has 7 heteroatoms. The van der Waals surface area contributed by atoms with Crippen molar-refractivity contribution in [3.63, 3.8) is 0 Å². The average molecular weight is 431 g/mol. The summed E-state index contributed by atoms with van der Waals surface area (Å²) in [5.74, 6) is 15.9. The van der Waals surface area contributed by atoms with Crippen LogP contribution in [-0.2, 0) is 9.59 Å². The first-order valence-electron chi connectivity index (χ1n) is 10.4. The minimum absolute atomic E-state index is 0.224. The van der Waals surface area contributed by atoms with Gasteiger partial charge >= 0.3 is 0 Å². The number of unbranched alkanes of at least 4 members (excludes halogenated alkanes) is 5. The van der Waals surface area contributed by atoms with Crippen molar-refractivity contribution in [3.8, 4) is 59.2 Å². The molecule has 1 fully saturated rings. The van der Waals surface area contributed by atoms with Gasteiger partial charge in [-0.1, -0.05) is 44.9 Å². The van der Waals surface area contributed by atoms with Crippen molar-refractivity contribution in [3.05, 3.63) is 17.7 Å². The van der Waals surface area contributed by atoms with Crippen LogP contribution in [-0.4, -0.2) is 43.2 Å². The van der Waals surface area contributed by atoms with Gasteiger partial charge in [0, 0.05) is 42.6 Å². The third kappa shape index (κ3) is 6.40. The van der Waals surface area contributed by atoms with E-state index in [1.54, 1.807) is 6.92 Å². The highest BCUT2D eigenvalue weighted by atomic mass is 16.3. The van der Waals surface area contributed by atoms with Crippen molar-refractivity contribution in [1.82, 2.24) is 14.6 Å². The summed E-state index contributed by atoms with van der Waals surface area (Å²) in [7, 11) is 0. The number of rotatable bonds is 8. The number of carbonyl (C=O) groups is 2. The summed E-state index contributed by atoms with van der Waals surface area (Å²) in [5.41, 5.74) is -0.224. The molecule has 164 valence electrons. The number of nitrogens with zero attached hydrogens (tertiary/aromatic N) is 3. The second-order valence-electron chi connectivity index (χ2n) is 6.89. The largest absolute Gasteiger partial charge is 0.494 e. The third-order valence-electron chi connectivity index (χ3n) is 4.59. The van der Waals surface area contributed by atoms with Crippen LogP contribution < -0.4 is 0 Å². The molecule has 0 bridgehead atoms. The zero-order valence-electron chi connectivity index (χ0n) is 18.2. The van der Waals surface area contributed by atoms with Gasteiger partial charge in [-0.2, -0.15) is 5.01 Å². The smallest absolute Gasteiger partial charge is 0.291 e. The summed E-state index contributed by atoms with van der Waals surface area (Å²) in [4.78, 5) is 25.8. The number of amides is 2. The van der Waals surface area contributed by atoms with E-state index < -0.39 is 11.8 Å². The zero-order chi connectivity index (χ0) is 23.3. The van der Waals surface area contributed by atoms with Crippen LogP contribution in [0.3, 0.4) is 0 Å². The van der Waals surface area contributed by atoms with Crippen molar-refractivity contribution >= 4 is 18.0 Å². The SMILES string of the molecule is CC#CC#CC#CC#CN1C(=O)C(=Cn2c(O)ccc2O)C(=O)N1CCCCCCCC. The molecule has 0 atom stereocenters. The van der Waals surface area contributed by atoms with E-state index in [1.807, 2.05) is 0 Å². The maximum Gasteiger partial charge on any atom is 0.291 e. The monoisotopic (exact) mass is 431 g/mol. The summed E-state index contributed by atoms with van der Waals surface area (Å²) < 4.78 is 0.954. The molecule has 0 spiro atoms. The van der Waals surface area contributed by atoms with Gasteiger partial charge in [-0.25, -0.2) is 5.01 Å². The molecule has 0 radical (unpaired) electrons. The van der Waals surface area contributed by atoms with E-state index in [4.69, 9.17) is 0 Å². The molecule has 0 saturated carbocycles. The average Bonchev–Trinajstić information content (AvgIpc) is 3.21. The number of aromatic nitrogens is 1. The van der Waals surface area contributed by atoms with E-state index in [9.17, 15) is 19.8 Å². The fourth-order valence-corrected chi connectivity index (χ4v) is 2.97. The van der Waals surface area contributed by atoms with Crippen molar-refractivity contribution in [1.29, 1.82) is 0 Å². The summed E-state index contributed by atoms with van der Waals surface area (Å²) in [6.45, 7) is 4.12. The normalized spacial score (nSPS) is 13.5. The van der Waals surface area contributed by atoms with Crippen LogP contribution in [0.25, 0.3) is 6.20 Å². The Morgan fingerprint density at radius 3 is 2.09 bits per heavy atom. The Hall–Kier alpha value is -4.20. The molecule has 0 unspecified atom stereocenters. The molecule has 2 N–H and O–H groups in total. The first kappa shape index (κ1) is 24.1. The van der Waals surface area contributed by atoms with Crippen LogP contribution in [0.1, 0.15) is 52.4 Å². The molecule has 1 saturated heterocycles. The topological polar surface area (TPSA) is 86.0 Å². The Balaban J connectivity index is 2.24. The summed E-state index contributed by atoms with van der Waals surface area (Å²) >= 11 is 0. The van der Waals surface area contributed by atoms with Gasteiger partial charge in [0.15, 0.2) is 11.8 Å². The van der Waals surface area contributed by atoms with Crippen LogP contribution in [0, 0.1) is 47.5 Å². The van der Waals surface area contributed by atoms with Crippen molar-refractivity contribution < 1.29 is 19.8 Å². The molecule has 1 aromatic rings. The maximum atomic E-state index is 12.9. The van der Waals surface area contributed by atoms with Gasteiger partial charge in [-0.05, 0) is 31.1 Å². The van der Waals surface area contributed by atoms with Gasteiger partial charge in [-0.15, -0.1) is 0 Å². The minimum Gasteiger partial charge on any atom is -0.494 e. The maximum absolute atomic E-state index is 12.9. The number of hydrogen-bond donors (Lipinski definition) is 2.